The van der Waals surface area contributed by atoms with Crippen molar-refractivity contribution in [2.45, 2.75) is 32.8 Å². The van der Waals surface area contributed by atoms with E-state index in [2.05, 4.69) is 11.8 Å². The van der Waals surface area contributed by atoms with E-state index in [9.17, 15) is 4.39 Å². The molecule has 20 heavy (non-hydrogen) atoms. The van der Waals surface area contributed by atoms with E-state index >= 15 is 0 Å². The maximum atomic E-state index is 13.2. The molecule has 1 N–H and O–H groups in total. The molecule has 0 fully saturated rings. The second-order valence-electron chi connectivity index (χ2n) is 5.23. The van der Waals surface area contributed by atoms with Gasteiger partial charge < -0.3 is 14.6 Å². The lowest BCUT2D eigenvalue weighted by Crippen LogP contribution is -2.22. The van der Waals surface area contributed by atoms with E-state index in [0.29, 0.717) is 30.9 Å². The smallest absolute Gasteiger partial charge is 0.137 e. The zero-order valence-corrected chi connectivity index (χ0v) is 12.2. The normalized spacial score (nSPS) is 10.8. The van der Waals surface area contributed by atoms with Crippen molar-refractivity contribution in [2.75, 3.05) is 19.8 Å². The first-order chi connectivity index (χ1) is 9.42. The van der Waals surface area contributed by atoms with Gasteiger partial charge in [0.05, 0.1) is 24.4 Å². The number of hydrogen-bond acceptors (Lipinski definition) is 3. The molecule has 1 aromatic rings. The minimum atomic E-state index is -0.371. The van der Waals surface area contributed by atoms with Gasteiger partial charge in [-0.15, -0.1) is 0 Å². The highest BCUT2D eigenvalue weighted by Gasteiger charge is 2.10. The molecule has 0 saturated carbocycles. The van der Waals surface area contributed by atoms with Crippen LogP contribution in [0.15, 0.2) is 18.2 Å². The van der Waals surface area contributed by atoms with Gasteiger partial charge in [0.2, 0.25) is 0 Å². The molecule has 0 spiro atoms. The summed E-state index contributed by atoms with van der Waals surface area (Å²) in [4.78, 5) is 0. The van der Waals surface area contributed by atoms with Gasteiger partial charge in [-0.1, -0.05) is 11.8 Å². The molecule has 1 aromatic carbocycles. The maximum absolute atomic E-state index is 13.2. The largest absolute Gasteiger partial charge is 0.490 e. The number of aliphatic hydroxyl groups excluding tert-OH is 1. The molecule has 0 amide bonds. The van der Waals surface area contributed by atoms with Gasteiger partial charge in [-0.05, 0) is 32.9 Å². The average Bonchev–Trinajstić information content (AvgIpc) is 2.36. The standard InChI is InChI=1S/C16H21FO3/c1-16(2,3)20-11-10-19-15-12-14(17)8-7-13(15)6-4-5-9-18/h7-8,12,18H,5,9-11H2,1-3H3. The fourth-order valence-corrected chi connectivity index (χ4v) is 1.43. The number of benzene rings is 1. The Bertz CT molecular complexity index is 481. The van der Waals surface area contributed by atoms with E-state index in [1.165, 1.54) is 12.1 Å². The molecule has 0 heterocycles. The van der Waals surface area contributed by atoms with E-state index in [1.54, 1.807) is 6.07 Å². The van der Waals surface area contributed by atoms with Gasteiger partial charge in [0.15, 0.2) is 0 Å². The van der Waals surface area contributed by atoms with Crippen LogP contribution in [-0.4, -0.2) is 30.5 Å². The van der Waals surface area contributed by atoms with Crippen LogP contribution in [0.1, 0.15) is 32.8 Å². The quantitative estimate of drug-likeness (QED) is 0.666. The maximum Gasteiger partial charge on any atom is 0.137 e. The third kappa shape index (κ3) is 6.55. The van der Waals surface area contributed by atoms with Crippen LogP contribution in [0.25, 0.3) is 0 Å². The monoisotopic (exact) mass is 280 g/mol. The van der Waals surface area contributed by atoms with E-state index in [4.69, 9.17) is 14.6 Å². The van der Waals surface area contributed by atoms with Crippen LogP contribution in [0.5, 0.6) is 5.75 Å². The zero-order chi connectivity index (χ0) is 15.0. The second-order valence-corrected chi connectivity index (χ2v) is 5.23. The minimum absolute atomic E-state index is 0.00378. The Morgan fingerprint density at radius 1 is 1.25 bits per heavy atom. The minimum Gasteiger partial charge on any atom is -0.490 e. The molecule has 3 nitrogen and oxygen atoms in total. The van der Waals surface area contributed by atoms with Crippen LogP contribution >= 0.6 is 0 Å². The predicted molar refractivity (Wildman–Crippen MR) is 76.2 cm³/mol. The van der Waals surface area contributed by atoms with Crippen LogP contribution in [0.2, 0.25) is 0 Å². The summed E-state index contributed by atoms with van der Waals surface area (Å²) in [5.74, 6) is 5.67. The fourth-order valence-electron chi connectivity index (χ4n) is 1.43. The summed E-state index contributed by atoms with van der Waals surface area (Å²) in [7, 11) is 0. The lowest BCUT2D eigenvalue weighted by atomic mass is 10.2. The Balaban J connectivity index is 2.63. The number of ether oxygens (including phenoxy) is 2. The van der Waals surface area contributed by atoms with Gasteiger partial charge in [-0.25, -0.2) is 4.39 Å². The number of aliphatic hydroxyl groups is 1. The topological polar surface area (TPSA) is 38.7 Å². The van der Waals surface area contributed by atoms with E-state index in [1.807, 2.05) is 20.8 Å². The van der Waals surface area contributed by atoms with Crippen LogP contribution in [0.4, 0.5) is 4.39 Å². The summed E-state index contributed by atoms with van der Waals surface area (Å²) in [6.07, 6.45) is 0.379. The first kappa shape index (κ1) is 16.5. The van der Waals surface area contributed by atoms with Crippen molar-refractivity contribution in [1.82, 2.24) is 0 Å². The third-order valence-corrected chi connectivity index (χ3v) is 2.28. The Hall–Kier alpha value is -1.57. The molecule has 0 bridgehead atoms. The fraction of sp³-hybridized carbons (Fsp3) is 0.500. The molecule has 0 aliphatic carbocycles. The first-order valence-corrected chi connectivity index (χ1v) is 6.58. The molecule has 0 radical (unpaired) electrons. The third-order valence-electron chi connectivity index (χ3n) is 2.28. The summed E-state index contributed by atoms with van der Waals surface area (Å²) in [6, 6.07) is 4.21. The molecule has 1 rings (SSSR count). The lowest BCUT2D eigenvalue weighted by Gasteiger charge is -2.19. The summed E-state index contributed by atoms with van der Waals surface area (Å²) in [5, 5.41) is 8.70. The first-order valence-electron chi connectivity index (χ1n) is 6.58. The van der Waals surface area contributed by atoms with Crippen molar-refractivity contribution in [3.05, 3.63) is 29.6 Å². The Morgan fingerprint density at radius 2 is 2.00 bits per heavy atom. The molecule has 110 valence electrons. The molecular formula is C16H21FO3. The molecule has 0 aromatic heterocycles. The number of hydrogen-bond donors (Lipinski definition) is 1. The highest BCUT2D eigenvalue weighted by molar-refractivity contribution is 5.46. The van der Waals surface area contributed by atoms with Crippen LogP contribution in [-0.2, 0) is 4.74 Å². The number of halogens is 1. The molecule has 0 aliphatic heterocycles. The Labute approximate surface area is 119 Å². The summed E-state index contributed by atoms with van der Waals surface area (Å²) >= 11 is 0. The average molecular weight is 280 g/mol. The van der Waals surface area contributed by atoms with Crippen molar-refractivity contribution in [2.24, 2.45) is 0 Å². The molecule has 0 aliphatic rings. The summed E-state index contributed by atoms with van der Waals surface area (Å²) < 4.78 is 24.3. The Morgan fingerprint density at radius 3 is 2.65 bits per heavy atom. The SMILES string of the molecule is CC(C)(C)OCCOc1cc(F)ccc1C#CCCO. The number of rotatable bonds is 5. The van der Waals surface area contributed by atoms with Gasteiger partial charge >= 0.3 is 0 Å². The zero-order valence-electron chi connectivity index (χ0n) is 12.2. The van der Waals surface area contributed by atoms with E-state index < -0.39 is 0 Å². The van der Waals surface area contributed by atoms with Crippen molar-refractivity contribution in [3.63, 3.8) is 0 Å². The lowest BCUT2D eigenvalue weighted by molar-refractivity contribution is -0.0163. The van der Waals surface area contributed by atoms with Crippen molar-refractivity contribution >= 4 is 0 Å². The molecule has 0 unspecified atom stereocenters. The van der Waals surface area contributed by atoms with Gasteiger partial charge in [-0.2, -0.15) is 0 Å². The predicted octanol–water partition coefficient (Wildman–Crippen LogP) is 2.75. The highest BCUT2D eigenvalue weighted by Crippen LogP contribution is 2.19. The van der Waals surface area contributed by atoms with Crippen molar-refractivity contribution in [3.8, 4) is 17.6 Å². The van der Waals surface area contributed by atoms with E-state index in [0.717, 1.165) is 0 Å². The molecule has 0 atom stereocenters. The van der Waals surface area contributed by atoms with Crippen LogP contribution < -0.4 is 4.74 Å². The van der Waals surface area contributed by atoms with Gasteiger partial charge in [0.1, 0.15) is 18.2 Å². The van der Waals surface area contributed by atoms with Gasteiger partial charge in [0.25, 0.3) is 0 Å². The van der Waals surface area contributed by atoms with Crippen LogP contribution in [0.3, 0.4) is 0 Å². The Kier molecular flexibility index (Phi) is 6.50. The van der Waals surface area contributed by atoms with Gasteiger partial charge in [-0.3, -0.25) is 0 Å². The highest BCUT2D eigenvalue weighted by atomic mass is 19.1. The van der Waals surface area contributed by atoms with Crippen molar-refractivity contribution in [1.29, 1.82) is 0 Å². The molecule has 0 saturated heterocycles. The summed E-state index contributed by atoms with van der Waals surface area (Å²) in [5.41, 5.74) is 0.380. The summed E-state index contributed by atoms with van der Waals surface area (Å²) in [6.45, 7) is 6.63. The van der Waals surface area contributed by atoms with Crippen LogP contribution in [0, 0.1) is 17.7 Å². The molecule has 4 heteroatoms. The van der Waals surface area contributed by atoms with Gasteiger partial charge in [0, 0.05) is 12.5 Å². The molecular weight excluding hydrogens is 259 g/mol. The second kappa shape index (κ2) is 7.88. The van der Waals surface area contributed by atoms with E-state index in [-0.39, 0.29) is 18.0 Å². The van der Waals surface area contributed by atoms with Crippen molar-refractivity contribution < 1.29 is 19.0 Å².